The number of benzene rings is 2. The van der Waals surface area contributed by atoms with E-state index >= 15 is 0 Å². The van der Waals surface area contributed by atoms with Gasteiger partial charge in [0.25, 0.3) is 0 Å². The summed E-state index contributed by atoms with van der Waals surface area (Å²) < 4.78 is 13.4. The van der Waals surface area contributed by atoms with E-state index in [1.807, 2.05) is 93.1 Å². The minimum Gasteiger partial charge on any atom is -0.474 e. The van der Waals surface area contributed by atoms with Gasteiger partial charge < -0.3 is 29.5 Å². The highest BCUT2D eigenvalue weighted by molar-refractivity contribution is 6.03. The Balaban J connectivity index is 0.731. The molecule has 3 saturated heterocycles. The number of anilines is 5. The first kappa shape index (κ1) is 43.1. The lowest BCUT2D eigenvalue weighted by Gasteiger charge is -2.49. The molecule has 3 aromatic heterocycles. The number of aromatic nitrogens is 5. The lowest BCUT2D eigenvalue weighted by molar-refractivity contribution is -0.134. The Morgan fingerprint density at radius 2 is 1.74 bits per heavy atom. The van der Waals surface area contributed by atoms with Crippen molar-refractivity contribution in [2.45, 2.75) is 77.5 Å². The second-order valence-corrected chi connectivity index (χ2v) is 18.9. The summed E-state index contributed by atoms with van der Waals surface area (Å²) in [5.74, 6) is 0.0537. The number of amides is 4. The molecule has 5 aliphatic rings. The van der Waals surface area contributed by atoms with Crippen molar-refractivity contribution in [3.8, 4) is 5.88 Å². The van der Waals surface area contributed by atoms with Crippen molar-refractivity contribution >= 4 is 63.4 Å². The molecule has 2 N–H and O–H groups in total. The van der Waals surface area contributed by atoms with Crippen LogP contribution in [0.5, 0.6) is 5.88 Å². The maximum absolute atomic E-state index is 13.6. The zero-order valence-electron chi connectivity index (χ0n) is 38.2. The van der Waals surface area contributed by atoms with Crippen LogP contribution in [0.4, 0.5) is 33.5 Å². The van der Waals surface area contributed by atoms with E-state index in [0.717, 1.165) is 95.2 Å². The van der Waals surface area contributed by atoms with E-state index in [1.54, 1.807) is 4.90 Å². The van der Waals surface area contributed by atoms with Gasteiger partial charge in [0.15, 0.2) is 0 Å². The highest BCUT2D eigenvalue weighted by Gasteiger charge is 2.38. The molecule has 1 atom stereocenters. The molecular weight excluding hydrogens is 841 g/mol. The molecule has 5 aromatic rings. The van der Waals surface area contributed by atoms with Crippen LogP contribution in [0, 0.1) is 6.92 Å². The van der Waals surface area contributed by atoms with Gasteiger partial charge in [0.2, 0.25) is 29.5 Å². The number of rotatable bonds is 8. The molecule has 0 spiro atoms. The summed E-state index contributed by atoms with van der Waals surface area (Å²) in [5, 5.41) is 11.6. The average molecular weight is 897 g/mol. The number of aryl methyl sites for hydroxylation is 1. The number of fused-ring (bicyclic) bond motifs is 3. The summed E-state index contributed by atoms with van der Waals surface area (Å²) in [5.41, 5.74) is 8.30. The monoisotopic (exact) mass is 896 g/mol. The van der Waals surface area contributed by atoms with E-state index < -0.39 is 17.6 Å². The number of hydrogen-bond donors (Lipinski definition) is 2. The molecule has 4 amide bonds. The van der Waals surface area contributed by atoms with Crippen LogP contribution in [0.25, 0.3) is 10.9 Å². The molecule has 344 valence electrons. The summed E-state index contributed by atoms with van der Waals surface area (Å²) in [6.07, 6.45) is 5.10. The van der Waals surface area contributed by atoms with E-state index in [1.165, 1.54) is 0 Å². The smallest absolute Gasteiger partial charge is 0.415 e. The summed E-state index contributed by atoms with van der Waals surface area (Å²) >= 11 is 0. The van der Waals surface area contributed by atoms with Gasteiger partial charge >= 0.3 is 6.09 Å². The van der Waals surface area contributed by atoms with Crippen LogP contribution < -0.4 is 30.1 Å². The van der Waals surface area contributed by atoms with Gasteiger partial charge in [0.1, 0.15) is 17.9 Å². The summed E-state index contributed by atoms with van der Waals surface area (Å²) in [7, 11) is 1.91. The van der Waals surface area contributed by atoms with Crippen molar-refractivity contribution in [2.75, 3.05) is 79.0 Å². The maximum Gasteiger partial charge on any atom is 0.415 e. The van der Waals surface area contributed by atoms with Crippen molar-refractivity contribution in [3.63, 3.8) is 0 Å². The van der Waals surface area contributed by atoms with Gasteiger partial charge in [0.05, 0.1) is 59.9 Å². The fourth-order valence-electron chi connectivity index (χ4n) is 9.92. The number of piperidine rings is 1. The number of nitrogens with one attached hydrogen (secondary N) is 2. The molecule has 2 aromatic carbocycles. The number of piperazine rings is 1. The number of ether oxygens (including phenoxy) is 2. The summed E-state index contributed by atoms with van der Waals surface area (Å²) in [6, 6.07) is 14.4. The number of carbonyl (C=O) groups excluding carboxylic acids is 4. The number of carbonyl (C=O) groups is 4. The van der Waals surface area contributed by atoms with Crippen LogP contribution in [0.2, 0.25) is 0 Å². The van der Waals surface area contributed by atoms with Gasteiger partial charge in [-0.25, -0.2) is 19.7 Å². The Labute approximate surface area is 383 Å². The van der Waals surface area contributed by atoms with Crippen molar-refractivity contribution in [2.24, 2.45) is 7.05 Å². The molecule has 0 bridgehead atoms. The molecule has 1 unspecified atom stereocenters. The molecule has 0 saturated carbocycles. The molecule has 18 nitrogen and oxygen atoms in total. The topological polar surface area (TPSA) is 183 Å². The Morgan fingerprint density at radius 1 is 0.939 bits per heavy atom. The first-order chi connectivity index (χ1) is 31.8. The van der Waals surface area contributed by atoms with E-state index in [-0.39, 0.29) is 17.7 Å². The van der Waals surface area contributed by atoms with Gasteiger partial charge in [-0.2, -0.15) is 5.10 Å². The Bertz CT molecular complexity index is 2740. The lowest BCUT2D eigenvalue weighted by atomic mass is 9.92. The van der Waals surface area contributed by atoms with Crippen LogP contribution >= 0.6 is 0 Å². The van der Waals surface area contributed by atoms with Gasteiger partial charge in [-0.1, -0.05) is 24.3 Å². The minimum absolute atomic E-state index is 0.106. The predicted octanol–water partition coefficient (Wildman–Crippen LogP) is 4.60. The Kier molecular flexibility index (Phi) is 11.2. The predicted molar refractivity (Wildman–Crippen MR) is 248 cm³/mol. The number of hydrogen-bond acceptors (Lipinski definition) is 14. The van der Waals surface area contributed by atoms with Crippen LogP contribution in [-0.4, -0.2) is 129 Å². The van der Waals surface area contributed by atoms with Crippen molar-refractivity contribution in [3.05, 3.63) is 82.9 Å². The van der Waals surface area contributed by atoms with Crippen LogP contribution in [-0.2, 0) is 45.6 Å². The number of nitrogens with zero attached hydrogens (tertiary/aromatic N) is 10. The van der Waals surface area contributed by atoms with Crippen molar-refractivity contribution in [1.29, 1.82) is 0 Å². The first-order valence-corrected chi connectivity index (χ1v) is 22.9. The third-order valence-electron chi connectivity index (χ3n) is 13.3. The summed E-state index contributed by atoms with van der Waals surface area (Å²) in [6.45, 7) is 14.3. The van der Waals surface area contributed by atoms with Gasteiger partial charge in [-0.05, 0) is 69.9 Å². The minimum atomic E-state index is -0.634. The molecule has 10 rings (SSSR count). The maximum atomic E-state index is 13.6. The second kappa shape index (κ2) is 17.2. The van der Waals surface area contributed by atoms with E-state index in [9.17, 15) is 19.2 Å². The SMILES string of the molecule is Cc1c(N2CCc3cnc(Nc4cccc(CC(=O)N5CCN(C6CN(c7cccc8c(C9CCC(=O)NC9=O)nn(C)c78)C6)CC5)c4)nc3C2)cnc2c1N(C(=O)OC(C)(C)C)CCO2. The normalized spacial score (nSPS) is 19.2. The highest BCUT2D eigenvalue weighted by Crippen LogP contribution is 2.40. The third-order valence-corrected chi connectivity index (χ3v) is 13.3. The first-order valence-electron chi connectivity index (χ1n) is 22.9. The largest absolute Gasteiger partial charge is 0.474 e. The zero-order valence-corrected chi connectivity index (χ0v) is 38.2. The van der Waals surface area contributed by atoms with Crippen molar-refractivity contribution in [1.82, 2.24) is 39.8 Å². The Hall–Kier alpha value is -6.82. The number of pyridine rings is 1. The standard InChI is InChI=1S/C48H56N12O6/c1-29-38(25-49-45-42(29)60(20-21-65-45)47(64)66-48(2,3)4)58-15-14-31-24-50-46(52-36(31)28-58)51-32-9-6-8-30(22-32)23-40(62)57-18-16-56(17-19-57)33-26-59(27-33)37-11-7-10-34-41(54-55(5)43(34)37)35-12-13-39(61)53-44(35)63/h6-11,22,24-25,33,35H,12-21,23,26-28H2,1-5H3,(H,50,51,52)(H,53,61,63). The van der Waals surface area contributed by atoms with Crippen molar-refractivity contribution < 1.29 is 28.7 Å². The van der Waals surface area contributed by atoms with E-state index in [4.69, 9.17) is 19.6 Å². The molecule has 3 fully saturated rings. The fourth-order valence-corrected chi connectivity index (χ4v) is 9.92. The van der Waals surface area contributed by atoms with Crippen LogP contribution in [0.15, 0.2) is 54.9 Å². The fraction of sp³-hybridized carbons (Fsp3) is 0.458. The molecule has 5 aliphatic heterocycles. The Morgan fingerprint density at radius 3 is 2.53 bits per heavy atom. The van der Waals surface area contributed by atoms with Gasteiger partial charge in [-0.15, -0.1) is 0 Å². The second-order valence-electron chi connectivity index (χ2n) is 18.9. The quantitative estimate of drug-likeness (QED) is 0.206. The van der Waals surface area contributed by atoms with Crippen LogP contribution in [0.3, 0.4) is 0 Å². The van der Waals surface area contributed by atoms with Gasteiger partial charge in [0, 0.05) is 88.2 Å². The van der Waals surface area contributed by atoms with Gasteiger partial charge in [-0.3, -0.25) is 34.2 Å². The molecule has 66 heavy (non-hydrogen) atoms. The van der Waals surface area contributed by atoms with E-state index in [0.29, 0.717) is 75.6 Å². The molecular formula is C48H56N12O6. The highest BCUT2D eigenvalue weighted by atomic mass is 16.6. The molecule has 18 heteroatoms. The molecule has 0 aliphatic carbocycles. The molecule has 8 heterocycles. The molecule has 0 radical (unpaired) electrons. The number of para-hydroxylation sites is 1. The summed E-state index contributed by atoms with van der Waals surface area (Å²) in [4.78, 5) is 76.2. The third kappa shape index (κ3) is 8.45. The number of imide groups is 1. The average Bonchev–Trinajstić information content (AvgIpc) is 3.61. The van der Waals surface area contributed by atoms with E-state index in [2.05, 4.69) is 41.4 Å². The zero-order chi connectivity index (χ0) is 45.9. The lowest BCUT2D eigenvalue weighted by Crippen LogP contribution is -2.63. The van der Waals surface area contributed by atoms with Crippen LogP contribution in [0.1, 0.15) is 67.6 Å².